The topological polar surface area (TPSA) is 51.2 Å². The number of aromatic nitrogens is 1. The molecule has 0 saturated carbocycles. The highest BCUT2D eigenvalue weighted by atomic mass is 35.5. The molecule has 0 fully saturated rings. The fraction of sp³-hybridized carbons (Fsp3) is 0.375. The predicted molar refractivity (Wildman–Crippen MR) is 84.3 cm³/mol. The SMILES string of the molecule is CCOC(=O)CCCNCc1ccc(Cl)c2cccnc12. The van der Waals surface area contributed by atoms with Gasteiger partial charge in [0.1, 0.15) is 0 Å². The number of fused-ring (bicyclic) bond motifs is 1. The maximum Gasteiger partial charge on any atom is 0.305 e. The van der Waals surface area contributed by atoms with Gasteiger partial charge in [0, 0.05) is 29.6 Å². The number of halogens is 1. The summed E-state index contributed by atoms with van der Waals surface area (Å²) in [5, 5.41) is 5.00. The number of hydrogen-bond donors (Lipinski definition) is 1. The first-order valence-electron chi connectivity index (χ1n) is 7.11. The van der Waals surface area contributed by atoms with Crippen molar-refractivity contribution in [1.29, 1.82) is 0 Å². The van der Waals surface area contributed by atoms with E-state index in [-0.39, 0.29) is 5.97 Å². The third kappa shape index (κ3) is 4.41. The van der Waals surface area contributed by atoms with Crippen molar-refractivity contribution in [3.05, 3.63) is 41.0 Å². The summed E-state index contributed by atoms with van der Waals surface area (Å²) in [6, 6.07) is 7.72. The number of rotatable bonds is 7. The average Bonchev–Trinajstić information content (AvgIpc) is 2.49. The highest BCUT2D eigenvalue weighted by Gasteiger charge is 2.05. The minimum atomic E-state index is -0.141. The normalized spacial score (nSPS) is 10.8. The number of benzene rings is 1. The Kier molecular flexibility index (Phi) is 5.96. The first-order chi connectivity index (χ1) is 10.2. The third-order valence-corrected chi connectivity index (χ3v) is 3.48. The Labute approximate surface area is 129 Å². The molecule has 21 heavy (non-hydrogen) atoms. The van der Waals surface area contributed by atoms with Crippen molar-refractivity contribution in [2.24, 2.45) is 0 Å². The van der Waals surface area contributed by atoms with Gasteiger partial charge in [0.2, 0.25) is 0 Å². The molecule has 112 valence electrons. The molecule has 0 amide bonds. The zero-order chi connectivity index (χ0) is 15.1. The number of esters is 1. The summed E-state index contributed by atoms with van der Waals surface area (Å²) in [6.45, 7) is 3.72. The molecular weight excluding hydrogens is 288 g/mol. The van der Waals surface area contributed by atoms with Crippen LogP contribution in [-0.2, 0) is 16.1 Å². The van der Waals surface area contributed by atoms with Crippen molar-refractivity contribution in [1.82, 2.24) is 10.3 Å². The molecule has 1 aromatic carbocycles. The quantitative estimate of drug-likeness (QED) is 0.630. The molecular formula is C16H19ClN2O2. The summed E-state index contributed by atoms with van der Waals surface area (Å²) in [5.74, 6) is -0.141. The van der Waals surface area contributed by atoms with Crippen LogP contribution in [0.25, 0.3) is 10.9 Å². The summed E-state index contributed by atoms with van der Waals surface area (Å²) in [5.41, 5.74) is 2.02. The Morgan fingerprint density at radius 3 is 3.05 bits per heavy atom. The van der Waals surface area contributed by atoms with Gasteiger partial charge in [-0.1, -0.05) is 17.7 Å². The lowest BCUT2D eigenvalue weighted by Gasteiger charge is -2.08. The van der Waals surface area contributed by atoms with Crippen molar-refractivity contribution in [3.8, 4) is 0 Å². The van der Waals surface area contributed by atoms with E-state index in [1.807, 2.05) is 31.2 Å². The Morgan fingerprint density at radius 2 is 2.24 bits per heavy atom. The molecule has 1 heterocycles. The van der Waals surface area contributed by atoms with E-state index in [0.717, 1.165) is 29.4 Å². The zero-order valence-electron chi connectivity index (χ0n) is 12.1. The molecule has 2 rings (SSSR count). The molecule has 0 atom stereocenters. The smallest absolute Gasteiger partial charge is 0.305 e. The van der Waals surface area contributed by atoms with Crippen LogP contribution in [0.4, 0.5) is 0 Å². The van der Waals surface area contributed by atoms with Crippen molar-refractivity contribution < 1.29 is 9.53 Å². The van der Waals surface area contributed by atoms with E-state index < -0.39 is 0 Å². The van der Waals surface area contributed by atoms with Crippen LogP contribution in [-0.4, -0.2) is 24.1 Å². The fourth-order valence-corrected chi connectivity index (χ4v) is 2.37. The van der Waals surface area contributed by atoms with Gasteiger partial charge in [-0.05, 0) is 43.7 Å². The summed E-state index contributed by atoms with van der Waals surface area (Å²) >= 11 is 6.17. The number of pyridine rings is 1. The highest BCUT2D eigenvalue weighted by Crippen LogP contribution is 2.24. The lowest BCUT2D eigenvalue weighted by Crippen LogP contribution is -2.16. The van der Waals surface area contributed by atoms with Crippen LogP contribution in [0.3, 0.4) is 0 Å². The summed E-state index contributed by atoms with van der Waals surface area (Å²) in [7, 11) is 0. The van der Waals surface area contributed by atoms with Gasteiger partial charge in [-0.2, -0.15) is 0 Å². The van der Waals surface area contributed by atoms with Gasteiger partial charge in [0.15, 0.2) is 0 Å². The Bertz CT molecular complexity index is 616. The molecule has 0 unspecified atom stereocenters. The van der Waals surface area contributed by atoms with Gasteiger partial charge in [-0.3, -0.25) is 9.78 Å². The van der Waals surface area contributed by atoms with Crippen molar-refractivity contribution in [3.63, 3.8) is 0 Å². The Morgan fingerprint density at radius 1 is 1.38 bits per heavy atom. The van der Waals surface area contributed by atoms with Gasteiger partial charge in [0.05, 0.1) is 12.1 Å². The van der Waals surface area contributed by atoms with Gasteiger partial charge in [-0.15, -0.1) is 0 Å². The van der Waals surface area contributed by atoms with E-state index in [9.17, 15) is 4.79 Å². The van der Waals surface area contributed by atoms with Crippen LogP contribution in [0.15, 0.2) is 30.5 Å². The maximum absolute atomic E-state index is 11.2. The van der Waals surface area contributed by atoms with Crippen LogP contribution in [0.5, 0.6) is 0 Å². The molecule has 0 aliphatic heterocycles. The number of ether oxygens (including phenoxy) is 1. The summed E-state index contributed by atoms with van der Waals surface area (Å²) < 4.78 is 4.89. The molecule has 1 aromatic heterocycles. The monoisotopic (exact) mass is 306 g/mol. The molecule has 0 bridgehead atoms. The molecule has 0 radical (unpaired) electrons. The maximum atomic E-state index is 11.2. The van der Waals surface area contributed by atoms with E-state index in [1.165, 1.54) is 0 Å². The number of nitrogens with zero attached hydrogens (tertiary/aromatic N) is 1. The Hall–Kier alpha value is -1.65. The molecule has 5 heteroatoms. The molecule has 2 aromatic rings. The second-order valence-electron chi connectivity index (χ2n) is 4.69. The second-order valence-corrected chi connectivity index (χ2v) is 5.10. The van der Waals surface area contributed by atoms with E-state index in [1.54, 1.807) is 6.20 Å². The number of carbonyl (C=O) groups is 1. The van der Waals surface area contributed by atoms with E-state index >= 15 is 0 Å². The number of carbonyl (C=O) groups excluding carboxylic acids is 1. The number of nitrogens with one attached hydrogen (secondary N) is 1. The van der Waals surface area contributed by atoms with Crippen LogP contribution in [0, 0.1) is 0 Å². The molecule has 0 aliphatic rings. The Balaban J connectivity index is 1.87. The molecule has 0 saturated heterocycles. The average molecular weight is 307 g/mol. The first kappa shape index (κ1) is 15.7. The van der Waals surface area contributed by atoms with Gasteiger partial charge in [-0.25, -0.2) is 0 Å². The molecule has 4 nitrogen and oxygen atoms in total. The summed E-state index contributed by atoms with van der Waals surface area (Å²) in [6.07, 6.45) is 2.97. The third-order valence-electron chi connectivity index (χ3n) is 3.16. The first-order valence-corrected chi connectivity index (χ1v) is 7.48. The van der Waals surface area contributed by atoms with Gasteiger partial charge in [0.25, 0.3) is 0 Å². The summed E-state index contributed by atoms with van der Waals surface area (Å²) in [4.78, 5) is 15.6. The fourth-order valence-electron chi connectivity index (χ4n) is 2.15. The molecule has 1 N–H and O–H groups in total. The van der Waals surface area contributed by atoms with E-state index in [0.29, 0.717) is 24.6 Å². The minimum Gasteiger partial charge on any atom is -0.466 e. The largest absolute Gasteiger partial charge is 0.466 e. The van der Waals surface area contributed by atoms with Crippen molar-refractivity contribution in [2.75, 3.05) is 13.2 Å². The lowest BCUT2D eigenvalue weighted by atomic mass is 10.1. The van der Waals surface area contributed by atoms with Crippen LogP contribution in [0.2, 0.25) is 5.02 Å². The molecule has 0 spiro atoms. The predicted octanol–water partition coefficient (Wildman–Crippen LogP) is 3.32. The lowest BCUT2D eigenvalue weighted by molar-refractivity contribution is -0.143. The van der Waals surface area contributed by atoms with Crippen LogP contribution >= 0.6 is 11.6 Å². The van der Waals surface area contributed by atoms with Crippen LogP contribution in [0.1, 0.15) is 25.3 Å². The van der Waals surface area contributed by atoms with Gasteiger partial charge < -0.3 is 10.1 Å². The standard InChI is InChI=1S/C16H19ClN2O2/c1-2-21-15(20)6-4-9-18-11-12-7-8-14(17)13-5-3-10-19-16(12)13/h3,5,7-8,10,18H,2,4,6,9,11H2,1H3. The highest BCUT2D eigenvalue weighted by molar-refractivity contribution is 6.35. The van der Waals surface area contributed by atoms with Crippen molar-refractivity contribution in [2.45, 2.75) is 26.3 Å². The van der Waals surface area contributed by atoms with Crippen LogP contribution < -0.4 is 5.32 Å². The van der Waals surface area contributed by atoms with E-state index in [4.69, 9.17) is 16.3 Å². The van der Waals surface area contributed by atoms with E-state index in [2.05, 4.69) is 10.3 Å². The van der Waals surface area contributed by atoms with Crippen molar-refractivity contribution >= 4 is 28.5 Å². The minimum absolute atomic E-state index is 0.141. The van der Waals surface area contributed by atoms with Gasteiger partial charge >= 0.3 is 5.97 Å². The molecule has 0 aliphatic carbocycles. The zero-order valence-corrected chi connectivity index (χ0v) is 12.8. The number of hydrogen-bond acceptors (Lipinski definition) is 4. The second kappa shape index (κ2) is 7.96.